The molecule has 2 aromatic carbocycles. The zero-order valence-electron chi connectivity index (χ0n) is 31.7. The molecule has 4 N–H and O–H groups in total. The van der Waals surface area contributed by atoms with Crippen molar-refractivity contribution in [3.05, 3.63) is 72.6 Å². The second-order valence-corrected chi connectivity index (χ2v) is 14.6. The Morgan fingerprint density at radius 2 is 0.981 bits per heavy atom. The van der Waals surface area contributed by atoms with Crippen molar-refractivity contribution in [2.45, 2.75) is 77.5 Å². The van der Waals surface area contributed by atoms with Gasteiger partial charge >= 0.3 is 12.2 Å². The smallest absolute Gasteiger partial charge is 0.407 e. The molecular formula is C40H50N8O6. The van der Waals surface area contributed by atoms with Gasteiger partial charge in [-0.15, -0.1) is 0 Å². The van der Waals surface area contributed by atoms with Gasteiger partial charge in [-0.3, -0.25) is 9.59 Å². The number of amides is 4. The number of hydrogen-bond acceptors (Lipinski definition) is 8. The monoisotopic (exact) mass is 738 g/mol. The van der Waals surface area contributed by atoms with E-state index in [2.05, 4.69) is 44.9 Å². The van der Waals surface area contributed by atoms with Crippen LogP contribution >= 0.6 is 0 Å². The van der Waals surface area contributed by atoms with Crippen LogP contribution in [0.2, 0.25) is 0 Å². The molecule has 286 valence electrons. The lowest BCUT2D eigenvalue weighted by Gasteiger charge is -2.29. The van der Waals surface area contributed by atoms with E-state index in [0.717, 1.165) is 71.0 Å². The first-order valence-electron chi connectivity index (χ1n) is 18.6. The number of nitrogens with one attached hydrogen (secondary N) is 4. The Bertz CT molecular complexity index is 1800. The van der Waals surface area contributed by atoms with Gasteiger partial charge in [-0.25, -0.2) is 19.6 Å². The van der Waals surface area contributed by atoms with Crippen LogP contribution in [-0.2, 0) is 19.1 Å². The molecule has 2 saturated heterocycles. The summed E-state index contributed by atoms with van der Waals surface area (Å²) < 4.78 is 9.50. The van der Waals surface area contributed by atoms with E-state index in [-0.39, 0.29) is 35.7 Å². The van der Waals surface area contributed by atoms with E-state index in [1.54, 1.807) is 9.80 Å². The molecule has 4 heterocycles. The lowest BCUT2D eigenvalue weighted by molar-refractivity contribution is -0.136. The van der Waals surface area contributed by atoms with Crippen LogP contribution < -0.4 is 10.6 Å². The summed E-state index contributed by atoms with van der Waals surface area (Å²) in [6, 6.07) is 14.6. The highest BCUT2D eigenvalue weighted by molar-refractivity contribution is 5.87. The Labute approximate surface area is 315 Å². The van der Waals surface area contributed by atoms with Crippen molar-refractivity contribution in [1.82, 2.24) is 40.4 Å². The number of carbonyl (C=O) groups excluding carboxylic acids is 4. The average Bonchev–Trinajstić information content (AvgIpc) is 4.02. The van der Waals surface area contributed by atoms with Crippen LogP contribution in [0.1, 0.15) is 77.1 Å². The predicted octanol–water partition coefficient (Wildman–Crippen LogP) is 6.22. The van der Waals surface area contributed by atoms with Gasteiger partial charge in [0.05, 0.1) is 37.7 Å². The maximum Gasteiger partial charge on any atom is 0.407 e. The molecule has 2 aliphatic rings. The fraction of sp³-hybridized carbons (Fsp3) is 0.450. The number of alkyl carbamates (subject to hydrolysis) is 2. The van der Waals surface area contributed by atoms with Crippen LogP contribution in [-0.4, -0.2) is 93.1 Å². The third-order valence-corrected chi connectivity index (χ3v) is 10.4. The Balaban J connectivity index is 1.11. The van der Waals surface area contributed by atoms with Crippen molar-refractivity contribution < 1.29 is 28.7 Å². The second-order valence-electron chi connectivity index (χ2n) is 14.6. The van der Waals surface area contributed by atoms with Gasteiger partial charge in [0.1, 0.15) is 23.7 Å². The maximum absolute atomic E-state index is 13.5. The molecule has 0 spiro atoms. The summed E-state index contributed by atoms with van der Waals surface area (Å²) in [6.45, 7) is 8.78. The summed E-state index contributed by atoms with van der Waals surface area (Å²) >= 11 is 0. The summed E-state index contributed by atoms with van der Waals surface area (Å²) in [5.74, 6) is 0.954. The quantitative estimate of drug-likeness (QED) is 0.140. The van der Waals surface area contributed by atoms with Gasteiger partial charge in [0.25, 0.3) is 0 Å². The minimum atomic E-state index is -0.687. The van der Waals surface area contributed by atoms with E-state index >= 15 is 0 Å². The number of nitrogens with zero attached hydrogens (tertiary/aromatic N) is 4. The van der Waals surface area contributed by atoms with Gasteiger partial charge in [-0.1, -0.05) is 76.2 Å². The minimum Gasteiger partial charge on any atom is -0.453 e. The molecule has 2 aliphatic heterocycles. The highest BCUT2D eigenvalue weighted by Gasteiger charge is 2.39. The maximum atomic E-state index is 13.5. The SMILES string of the molecule is COC(=O)NC(C(=O)N1CCC[C@H]1c1nc(-c2ccc(-c3ccc(-c4c[nH]c([C@@H]5CCCN5C(=O)C(NC(=O)OC)C(C)C)n4)cc3)cc2)c[nH]1)C(C)C. The lowest BCUT2D eigenvalue weighted by Crippen LogP contribution is -2.51. The predicted molar refractivity (Wildman–Crippen MR) is 203 cm³/mol. The molecule has 4 atom stereocenters. The third-order valence-electron chi connectivity index (χ3n) is 10.4. The molecule has 2 unspecified atom stereocenters. The first-order chi connectivity index (χ1) is 26.0. The number of likely N-dealkylation sites (tertiary alicyclic amines) is 2. The summed E-state index contributed by atoms with van der Waals surface area (Å²) in [7, 11) is 2.58. The van der Waals surface area contributed by atoms with Gasteiger partial charge in [-0.05, 0) is 48.6 Å². The summed E-state index contributed by atoms with van der Waals surface area (Å²) in [5.41, 5.74) is 5.58. The van der Waals surface area contributed by atoms with Crippen molar-refractivity contribution in [1.29, 1.82) is 0 Å². The molecule has 14 nitrogen and oxygen atoms in total. The summed E-state index contributed by atoms with van der Waals surface area (Å²) in [5, 5.41) is 5.38. The standard InChI is InChI=1S/C40H50N8O6/c1-23(2)33(45-39(51)53-5)37(49)47-19-7-9-31(47)35-41-21-29(43-35)27-15-11-25(12-16-27)26-13-17-28(18-14-26)30-22-42-36(44-30)32-10-8-20-48(32)38(50)34(24(3)4)46-40(52)54-6/h11-18,21-24,31-34H,7-10,19-20H2,1-6H3,(H,41,43)(H,42,44)(H,45,51)(H,46,52)/t31-,32-,33?,34?/m0/s1. The largest absolute Gasteiger partial charge is 0.453 e. The van der Waals surface area contributed by atoms with Crippen LogP contribution in [0, 0.1) is 11.8 Å². The first-order valence-corrected chi connectivity index (χ1v) is 18.6. The van der Waals surface area contributed by atoms with Crippen molar-refractivity contribution in [2.24, 2.45) is 11.8 Å². The third kappa shape index (κ3) is 8.12. The fourth-order valence-electron chi connectivity index (χ4n) is 7.36. The van der Waals surface area contributed by atoms with Crippen LogP contribution in [0.4, 0.5) is 9.59 Å². The van der Waals surface area contributed by atoms with Crippen molar-refractivity contribution >= 4 is 24.0 Å². The van der Waals surface area contributed by atoms with Crippen molar-refractivity contribution in [2.75, 3.05) is 27.3 Å². The molecule has 4 aromatic rings. The van der Waals surface area contributed by atoms with Crippen molar-refractivity contribution in [3.8, 4) is 33.6 Å². The number of benzene rings is 2. The number of hydrogen-bond donors (Lipinski definition) is 4. The van der Waals surface area contributed by atoms with Crippen LogP contribution in [0.15, 0.2) is 60.9 Å². The summed E-state index contributed by atoms with van der Waals surface area (Å²) in [4.78, 5) is 70.9. The number of ether oxygens (including phenoxy) is 2. The molecule has 0 aliphatic carbocycles. The summed E-state index contributed by atoms with van der Waals surface area (Å²) in [6.07, 6.45) is 5.75. The van der Waals surface area contributed by atoms with E-state index in [1.807, 2.05) is 64.4 Å². The molecular weight excluding hydrogens is 688 g/mol. The number of carbonyl (C=O) groups is 4. The number of methoxy groups -OCH3 is 2. The molecule has 4 amide bonds. The van der Waals surface area contributed by atoms with E-state index in [4.69, 9.17) is 19.4 Å². The number of aromatic nitrogens is 4. The molecule has 0 radical (unpaired) electrons. The van der Waals surface area contributed by atoms with Crippen LogP contribution in [0.5, 0.6) is 0 Å². The van der Waals surface area contributed by atoms with Gasteiger partial charge in [-0.2, -0.15) is 0 Å². The minimum absolute atomic E-state index is 0.104. The zero-order valence-corrected chi connectivity index (χ0v) is 31.7. The Morgan fingerprint density at radius 3 is 1.31 bits per heavy atom. The molecule has 0 saturated carbocycles. The Hall–Kier alpha value is -5.66. The van der Waals surface area contributed by atoms with Gasteiger partial charge in [0, 0.05) is 36.6 Å². The normalized spacial score (nSPS) is 18.1. The van der Waals surface area contributed by atoms with E-state index in [9.17, 15) is 19.2 Å². The van der Waals surface area contributed by atoms with E-state index in [0.29, 0.717) is 13.1 Å². The topological polar surface area (TPSA) is 175 Å². The number of imidazole rings is 2. The molecule has 6 rings (SSSR count). The Kier molecular flexibility index (Phi) is 11.7. The van der Waals surface area contributed by atoms with Crippen molar-refractivity contribution in [3.63, 3.8) is 0 Å². The highest BCUT2D eigenvalue weighted by atomic mass is 16.5. The van der Waals surface area contributed by atoms with Gasteiger partial charge < -0.3 is 39.9 Å². The number of rotatable bonds is 11. The second kappa shape index (κ2) is 16.6. The first kappa shape index (κ1) is 38.1. The molecule has 2 aromatic heterocycles. The van der Waals surface area contributed by atoms with E-state index in [1.165, 1.54) is 14.2 Å². The van der Waals surface area contributed by atoms with Gasteiger partial charge in [0.15, 0.2) is 0 Å². The average molecular weight is 739 g/mol. The highest BCUT2D eigenvalue weighted by Crippen LogP contribution is 2.35. The van der Waals surface area contributed by atoms with Crippen LogP contribution in [0.3, 0.4) is 0 Å². The molecule has 54 heavy (non-hydrogen) atoms. The fourth-order valence-corrected chi connectivity index (χ4v) is 7.36. The lowest BCUT2D eigenvalue weighted by atomic mass is 10.0. The molecule has 2 fully saturated rings. The van der Waals surface area contributed by atoms with Crippen LogP contribution in [0.25, 0.3) is 33.6 Å². The van der Waals surface area contributed by atoms with E-state index < -0.39 is 24.3 Å². The number of H-pyrrole nitrogens is 2. The molecule has 14 heteroatoms. The Morgan fingerprint density at radius 1 is 0.630 bits per heavy atom. The number of aromatic amines is 2. The van der Waals surface area contributed by atoms with Gasteiger partial charge in [0.2, 0.25) is 11.8 Å². The zero-order chi connectivity index (χ0) is 38.5. The molecule has 0 bridgehead atoms.